The number of hydrogen-bond donors (Lipinski definition) is 4. The molecule has 2 radical (unpaired) electrons. The summed E-state index contributed by atoms with van der Waals surface area (Å²) in [5, 5.41) is 40.1. The van der Waals surface area contributed by atoms with Gasteiger partial charge in [-0.25, -0.2) is 14.4 Å². The number of hydrogen-bond acceptors (Lipinski definition) is 5. The Bertz CT molecular complexity index is 1710. The van der Waals surface area contributed by atoms with Gasteiger partial charge in [-0.05, 0) is 76.9 Å². The van der Waals surface area contributed by atoms with E-state index in [-0.39, 0.29) is 33.6 Å². The number of fused-ring (bicyclic) bond motifs is 2. The summed E-state index contributed by atoms with van der Waals surface area (Å²) in [7, 11) is 8.35. The smallest absolute Gasteiger partial charge is 0.336 e. The fourth-order valence-electron chi connectivity index (χ4n) is 4.78. The lowest BCUT2D eigenvalue weighted by Crippen LogP contribution is -2.27. The van der Waals surface area contributed by atoms with Crippen molar-refractivity contribution in [3.05, 3.63) is 70.8 Å². The lowest BCUT2D eigenvalue weighted by atomic mass is 9.78. The number of aromatic carboxylic acids is 3. The molecule has 4 aromatic rings. The highest BCUT2D eigenvalue weighted by molar-refractivity contribution is 6.40. The van der Waals surface area contributed by atoms with Crippen LogP contribution in [0, 0.1) is 0 Å². The number of carboxylic acid groups (broad SMARTS) is 4. The molecule has 4 rings (SSSR count). The fourth-order valence-corrected chi connectivity index (χ4v) is 4.78. The molecule has 4 N–H and O–H groups in total. The predicted molar refractivity (Wildman–Crippen MR) is 148 cm³/mol. The Labute approximate surface area is 224 Å². The lowest BCUT2D eigenvalue weighted by Gasteiger charge is -2.29. The van der Waals surface area contributed by atoms with E-state index in [4.69, 9.17) is 7.85 Å². The van der Waals surface area contributed by atoms with Crippen LogP contribution < -0.4 is 10.4 Å². The van der Waals surface area contributed by atoms with Gasteiger partial charge in [0.05, 0.1) is 23.1 Å². The molecule has 0 aromatic heterocycles. The van der Waals surface area contributed by atoms with E-state index in [0.29, 0.717) is 38.5 Å². The first-order chi connectivity index (χ1) is 18.3. The maximum Gasteiger partial charge on any atom is 0.336 e. The van der Waals surface area contributed by atoms with Crippen LogP contribution in [0.25, 0.3) is 32.7 Å². The standard InChI is InChI=1S/C29H24BNO8/c1-13(2)31(3)23-12-21(29(38)39)20-9-15(28(36)37)5-7-18(20)26(23)25-17-6-4-14(27(34)35)8-19(17)16(10-22(25)30)11-24(32)33/h4-10,12-13H,11H2,1-3H3,(H,32,33)(H,34,35)(H,36,37)(H,38,39). The van der Waals surface area contributed by atoms with Crippen LogP contribution in [0.2, 0.25) is 0 Å². The second-order valence-electron chi connectivity index (χ2n) is 9.53. The highest BCUT2D eigenvalue weighted by Crippen LogP contribution is 2.43. The zero-order valence-corrected chi connectivity index (χ0v) is 21.3. The first-order valence-electron chi connectivity index (χ1n) is 11.9. The zero-order valence-electron chi connectivity index (χ0n) is 21.3. The van der Waals surface area contributed by atoms with Crippen LogP contribution in [-0.4, -0.2) is 65.2 Å². The molecule has 0 heterocycles. The average Bonchev–Trinajstić information content (AvgIpc) is 2.86. The van der Waals surface area contributed by atoms with Gasteiger partial charge in [0.15, 0.2) is 0 Å². The van der Waals surface area contributed by atoms with E-state index in [1.165, 1.54) is 42.5 Å². The zero-order chi connectivity index (χ0) is 28.8. The number of benzene rings is 4. The molecule has 4 aromatic carbocycles. The molecule has 196 valence electrons. The summed E-state index contributed by atoms with van der Waals surface area (Å²) in [4.78, 5) is 49.2. The lowest BCUT2D eigenvalue weighted by molar-refractivity contribution is -0.136. The molecular formula is C29H24BNO8. The Kier molecular flexibility index (Phi) is 7.06. The van der Waals surface area contributed by atoms with Gasteiger partial charge in [-0.1, -0.05) is 23.7 Å². The van der Waals surface area contributed by atoms with Crippen molar-refractivity contribution in [2.45, 2.75) is 26.3 Å². The minimum Gasteiger partial charge on any atom is -0.481 e. The molecule has 0 fully saturated rings. The van der Waals surface area contributed by atoms with E-state index in [2.05, 4.69) is 0 Å². The van der Waals surface area contributed by atoms with Crippen molar-refractivity contribution in [2.24, 2.45) is 0 Å². The number of carboxylic acids is 4. The van der Waals surface area contributed by atoms with Gasteiger partial charge in [-0.15, -0.1) is 0 Å². The third-order valence-electron chi connectivity index (χ3n) is 6.84. The summed E-state index contributed by atoms with van der Waals surface area (Å²) in [5.74, 6) is -4.77. The highest BCUT2D eigenvalue weighted by Gasteiger charge is 2.25. The minimum atomic E-state index is -1.24. The molecule has 0 spiro atoms. The molecule has 0 unspecified atom stereocenters. The molecule has 0 aliphatic rings. The van der Waals surface area contributed by atoms with Gasteiger partial charge in [0.1, 0.15) is 7.85 Å². The Morgan fingerprint density at radius 1 is 0.744 bits per heavy atom. The van der Waals surface area contributed by atoms with E-state index in [1.54, 1.807) is 13.1 Å². The summed E-state index contributed by atoms with van der Waals surface area (Å²) in [5.41, 5.74) is 1.74. The van der Waals surface area contributed by atoms with Crippen LogP contribution in [0.3, 0.4) is 0 Å². The maximum atomic E-state index is 12.3. The maximum absolute atomic E-state index is 12.3. The van der Waals surface area contributed by atoms with Gasteiger partial charge < -0.3 is 25.3 Å². The third-order valence-corrected chi connectivity index (χ3v) is 6.84. The fraction of sp³-hybridized carbons (Fsp3) is 0.172. The van der Waals surface area contributed by atoms with Crippen molar-refractivity contribution in [1.82, 2.24) is 0 Å². The predicted octanol–water partition coefficient (Wildman–Crippen LogP) is 4.02. The van der Waals surface area contributed by atoms with E-state index >= 15 is 0 Å². The summed E-state index contributed by atoms with van der Waals surface area (Å²) >= 11 is 0. The molecular weight excluding hydrogens is 501 g/mol. The third kappa shape index (κ3) is 4.88. The number of rotatable bonds is 8. The highest BCUT2D eigenvalue weighted by atomic mass is 16.4. The van der Waals surface area contributed by atoms with Gasteiger partial charge in [0.25, 0.3) is 0 Å². The molecule has 10 heteroatoms. The molecule has 0 atom stereocenters. The quantitative estimate of drug-likeness (QED) is 0.250. The molecule has 0 amide bonds. The van der Waals surface area contributed by atoms with Gasteiger partial charge in [0, 0.05) is 24.3 Å². The minimum absolute atomic E-state index is 0.0402. The van der Waals surface area contributed by atoms with Gasteiger partial charge >= 0.3 is 23.9 Å². The topological polar surface area (TPSA) is 152 Å². The summed E-state index contributed by atoms with van der Waals surface area (Å²) in [6.07, 6.45) is -0.399. The SMILES string of the molecule is [B]c1cc(CC(=O)O)c2cc(C(=O)O)ccc2c1-c1c(N(C)C(C)C)cc(C(=O)O)c2cc(C(=O)O)ccc12. The molecule has 9 nitrogen and oxygen atoms in total. The van der Waals surface area contributed by atoms with E-state index in [1.807, 2.05) is 18.7 Å². The van der Waals surface area contributed by atoms with E-state index < -0.39 is 30.3 Å². The molecule has 0 aliphatic heterocycles. The summed E-state index contributed by atoms with van der Waals surface area (Å²) in [6.45, 7) is 3.83. The molecule has 0 bridgehead atoms. The first-order valence-corrected chi connectivity index (χ1v) is 11.9. The normalized spacial score (nSPS) is 11.2. The molecule has 0 saturated carbocycles. The largest absolute Gasteiger partial charge is 0.481 e. The first kappa shape index (κ1) is 27.2. The monoisotopic (exact) mass is 525 g/mol. The van der Waals surface area contributed by atoms with Crippen LogP contribution in [0.5, 0.6) is 0 Å². The van der Waals surface area contributed by atoms with Crippen LogP contribution in [0.1, 0.15) is 50.5 Å². The number of nitrogens with zero attached hydrogens (tertiary/aromatic N) is 1. The van der Waals surface area contributed by atoms with E-state index in [0.717, 1.165) is 0 Å². The van der Waals surface area contributed by atoms with Gasteiger partial charge in [0.2, 0.25) is 0 Å². The average molecular weight is 525 g/mol. The summed E-state index contributed by atoms with van der Waals surface area (Å²) in [6, 6.07) is 11.4. The van der Waals surface area contributed by atoms with Crippen LogP contribution in [0.4, 0.5) is 5.69 Å². The Balaban J connectivity index is 2.26. The van der Waals surface area contributed by atoms with Gasteiger partial charge in [-0.2, -0.15) is 0 Å². The van der Waals surface area contributed by atoms with Crippen LogP contribution in [-0.2, 0) is 11.2 Å². The van der Waals surface area contributed by atoms with E-state index in [9.17, 15) is 39.6 Å². The van der Waals surface area contributed by atoms with Crippen molar-refractivity contribution in [3.8, 4) is 11.1 Å². The Morgan fingerprint density at radius 2 is 1.28 bits per heavy atom. The van der Waals surface area contributed by atoms with Crippen molar-refractivity contribution in [3.63, 3.8) is 0 Å². The second-order valence-corrected chi connectivity index (χ2v) is 9.53. The Hall–Kier alpha value is -4.86. The van der Waals surface area contributed by atoms with Crippen LogP contribution in [0.15, 0.2) is 48.5 Å². The Morgan fingerprint density at radius 3 is 1.77 bits per heavy atom. The van der Waals surface area contributed by atoms with Crippen molar-refractivity contribution in [1.29, 1.82) is 0 Å². The number of aliphatic carboxylic acids is 1. The van der Waals surface area contributed by atoms with Gasteiger partial charge in [-0.3, -0.25) is 4.79 Å². The number of anilines is 1. The molecule has 39 heavy (non-hydrogen) atoms. The number of carbonyl (C=O) groups is 4. The second kappa shape index (κ2) is 10.1. The van der Waals surface area contributed by atoms with Crippen LogP contribution >= 0.6 is 0 Å². The summed E-state index contributed by atoms with van der Waals surface area (Å²) < 4.78 is 0. The van der Waals surface area contributed by atoms with Crippen molar-refractivity contribution in [2.75, 3.05) is 11.9 Å². The van der Waals surface area contributed by atoms with Crippen molar-refractivity contribution >= 4 is 64.4 Å². The molecule has 0 saturated heterocycles. The van der Waals surface area contributed by atoms with Crippen molar-refractivity contribution < 1.29 is 39.6 Å². The molecule has 0 aliphatic carbocycles.